The van der Waals surface area contributed by atoms with Gasteiger partial charge in [0.05, 0.1) is 28.9 Å². The van der Waals surface area contributed by atoms with Crippen LogP contribution in [0.15, 0.2) is 23.1 Å². The lowest BCUT2D eigenvalue weighted by Crippen LogP contribution is -2.26. The molecule has 0 fully saturated rings. The molecule has 0 aliphatic rings. The molecule has 0 saturated carbocycles. The van der Waals surface area contributed by atoms with Crippen molar-refractivity contribution in [3.8, 4) is 0 Å². The van der Waals surface area contributed by atoms with E-state index in [9.17, 15) is 13.2 Å². The van der Waals surface area contributed by atoms with Crippen LogP contribution in [-0.4, -0.2) is 31.4 Å². The van der Waals surface area contributed by atoms with Crippen LogP contribution in [0, 0.1) is 0 Å². The molecule has 6 N–H and O–H groups in total. The van der Waals surface area contributed by atoms with Crippen molar-refractivity contribution in [1.82, 2.24) is 0 Å². The highest BCUT2D eigenvalue weighted by Crippen LogP contribution is 2.25. The SMILES string of the molecule is CC(N)Nc1ccc(N)cc1S(=O)(=O)CCC(=O)O. The van der Waals surface area contributed by atoms with Gasteiger partial charge in [-0.25, -0.2) is 8.42 Å². The van der Waals surface area contributed by atoms with Crippen LogP contribution in [0.3, 0.4) is 0 Å². The maximum atomic E-state index is 12.1. The summed E-state index contributed by atoms with van der Waals surface area (Å²) < 4.78 is 24.2. The molecule has 0 aliphatic heterocycles. The number of nitrogens with two attached hydrogens (primary N) is 2. The number of hydrogen-bond acceptors (Lipinski definition) is 6. The Morgan fingerprint density at radius 2 is 2.11 bits per heavy atom. The molecular formula is C11H17N3O4S. The molecule has 19 heavy (non-hydrogen) atoms. The largest absolute Gasteiger partial charge is 0.481 e. The molecule has 0 spiro atoms. The lowest BCUT2D eigenvalue weighted by Gasteiger charge is -2.15. The van der Waals surface area contributed by atoms with Crippen molar-refractivity contribution >= 4 is 27.2 Å². The van der Waals surface area contributed by atoms with E-state index in [2.05, 4.69) is 5.32 Å². The van der Waals surface area contributed by atoms with Gasteiger partial charge in [0.25, 0.3) is 0 Å². The van der Waals surface area contributed by atoms with Crippen LogP contribution in [0.5, 0.6) is 0 Å². The minimum absolute atomic E-state index is 0.0361. The second-order valence-electron chi connectivity index (χ2n) is 4.15. The molecule has 0 bridgehead atoms. The molecular weight excluding hydrogens is 270 g/mol. The van der Waals surface area contributed by atoms with Gasteiger partial charge in [-0.05, 0) is 25.1 Å². The first-order valence-corrected chi connectivity index (χ1v) is 7.24. The zero-order valence-corrected chi connectivity index (χ0v) is 11.3. The van der Waals surface area contributed by atoms with Gasteiger partial charge in [0, 0.05) is 5.69 Å². The van der Waals surface area contributed by atoms with Crippen molar-refractivity contribution in [2.45, 2.75) is 24.4 Å². The number of sulfone groups is 1. The number of nitrogen functional groups attached to an aromatic ring is 1. The smallest absolute Gasteiger partial charge is 0.304 e. The Hall–Kier alpha value is -1.80. The number of carbonyl (C=O) groups is 1. The summed E-state index contributed by atoms with van der Waals surface area (Å²) in [5.74, 6) is -1.66. The third-order valence-corrected chi connectivity index (χ3v) is 4.06. The molecule has 0 heterocycles. The normalized spacial score (nSPS) is 12.9. The number of carboxylic acids is 1. The second-order valence-corrected chi connectivity index (χ2v) is 6.23. The molecule has 1 atom stereocenters. The summed E-state index contributed by atoms with van der Waals surface area (Å²) in [6, 6.07) is 4.34. The third kappa shape index (κ3) is 4.42. The maximum absolute atomic E-state index is 12.1. The van der Waals surface area contributed by atoms with Crippen molar-refractivity contribution in [3.05, 3.63) is 18.2 Å². The van der Waals surface area contributed by atoms with Gasteiger partial charge in [-0.3, -0.25) is 4.79 Å². The van der Waals surface area contributed by atoms with Crippen LogP contribution >= 0.6 is 0 Å². The summed E-state index contributed by atoms with van der Waals surface area (Å²) in [7, 11) is -3.73. The van der Waals surface area contributed by atoms with E-state index >= 15 is 0 Å². The van der Waals surface area contributed by atoms with Gasteiger partial charge in [0.2, 0.25) is 0 Å². The quantitative estimate of drug-likeness (QED) is 0.434. The first-order chi connectivity index (χ1) is 8.72. The van der Waals surface area contributed by atoms with E-state index in [-0.39, 0.29) is 10.6 Å². The lowest BCUT2D eigenvalue weighted by molar-refractivity contribution is -0.136. The predicted molar refractivity (Wildman–Crippen MR) is 72.4 cm³/mol. The number of rotatable bonds is 6. The Kier molecular flexibility index (Phi) is 4.73. The summed E-state index contributed by atoms with van der Waals surface area (Å²) in [6.07, 6.45) is -0.911. The number of carboxylic acid groups (broad SMARTS) is 1. The molecule has 0 aliphatic carbocycles. The minimum Gasteiger partial charge on any atom is -0.481 e. The number of hydrogen-bond donors (Lipinski definition) is 4. The Labute approximate surface area is 111 Å². The Balaban J connectivity index is 3.15. The highest BCUT2D eigenvalue weighted by Gasteiger charge is 2.20. The van der Waals surface area contributed by atoms with Gasteiger partial charge in [-0.1, -0.05) is 0 Å². The van der Waals surface area contributed by atoms with Crippen LogP contribution in [0.2, 0.25) is 0 Å². The number of anilines is 2. The predicted octanol–water partition coefficient (Wildman–Crippen LogP) is 0.234. The van der Waals surface area contributed by atoms with Crippen molar-refractivity contribution < 1.29 is 18.3 Å². The fraction of sp³-hybridized carbons (Fsp3) is 0.364. The van der Waals surface area contributed by atoms with E-state index in [1.165, 1.54) is 12.1 Å². The number of aliphatic carboxylic acids is 1. The molecule has 106 valence electrons. The molecule has 0 saturated heterocycles. The average molecular weight is 287 g/mol. The van der Waals surface area contributed by atoms with Crippen LogP contribution in [-0.2, 0) is 14.6 Å². The van der Waals surface area contributed by atoms with E-state index in [1.54, 1.807) is 13.0 Å². The standard InChI is InChI=1S/C11H17N3O4S/c1-7(12)14-9-3-2-8(13)6-10(9)19(17,18)5-4-11(15)16/h2-3,6-7,14H,4-5,12-13H2,1H3,(H,15,16). The first-order valence-electron chi connectivity index (χ1n) is 5.58. The molecule has 0 radical (unpaired) electrons. The minimum atomic E-state index is -3.73. The Morgan fingerprint density at radius 1 is 1.47 bits per heavy atom. The van der Waals surface area contributed by atoms with E-state index in [0.29, 0.717) is 5.69 Å². The molecule has 7 nitrogen and oxygen atoms in total. The Bertz CT molecular complexity index is 569. The van der Waals surface area contributed by atoms with Crippen molar-refractivity contribution in [3.63, 3.8) is 0 Å². The van der Waals surface area contributed by atoms with Gasteiger partial charge in [-0.15, -0.1) is 0 Å². The van der Waals surface area contributed by atoms with Gasteiger partial charge in [-0.2, -0.15) is 0 Å². The lowest BCUT2D eigenvalue weighted by atomic mass is 10.3. The van der Waals surface area contributed by atoms with Gasteiger partial charge >= 0.3 is 5.97 Å². The summed E-state index contributed by atoms with van der Waals surface area (Å²) >= 11 is 0. The molecule has 1 rings (SSSR count). The number of benzene rings is 1. The van der Waals surface area contributed by atoms with Crippen LogP contribution in [0.4, 0.5) is 11.4 Å². The van der Waals surface area contributed by atoms with Gasteiger partial charge in [0.1, 0.15) is 0 Å². The summed E-state index contributed by atoms with van der Waals surface area (Å²) in [6.45, 7) is 1.66. The zero-order valence-electron chi connectivity index (χ0n) is 10.5. The molecule has 8 heteroatoms. The third-order valence-electron chi connectivity index (χ3n) is 2.31. The number of nitrogens with one attached hydrogen (secondary N) is 1. The molecule has 0 amide bonds. The van der Waals surface area contributed by atoms with E-state index in [0.717, 1.165) is 0 Å². The topological polar surface area (TPSA) is 136 Å². The van der Waals surface area contributed by atoms with Crippen LogP contribution in [0.1, 0.15) is 13.3 Å². The first kappa shape index (κ1) is 15.3. The highest BCUT2D eigenvalue weighted by atomic mass is 32.2. The Morgan fingerprint density at radius 3 is 2.63 bits per heavy atom. The maximum Gasteiger partial charge on any atom is 0.304 e. The van der Waals surface area contributed by atoms with E-state index < -0.39 is 34.1 Å². The average Bonchev–Trinajstić information content (AvgIpc) is 2.28. The zero-order chi connectivity index (χ0) is 14.6. The van der Waals surface area contributed by atoms with Crippen molar-refractivity contribution in [2.24, 2.45) is 5.73 Å². The van der Waals surface area contributed by atoms with Gasteiger partial charge < -0.3 is 21.9 Å². The van der Waals surface area contributed by atoms with Crippen molar-refractivity contribution in [2.75, 3.05) is 16.8 Å². The van der Waals surface area contributed by atoms with Crippen LogP contribution < -0.4 is 16.8 Å². The van der Waals surface area contributed by atoms with E-state index in [1.807, 2.05) is 0 Å². The highest BCUT2D eigenvalue weighted by molar-refractivity contribution is 7.91. The van der Waals surface area contributed by atoms with E-state index in [4.69, 9.17) is 16.6 Å². The fourth-order valence-electron chi connectivity index (χ4n) is 1.49. The molecule has 1 aromatic rings. The molecule has 1 aromatic carbocycles. The molecule has 1 unspecified atom stereocenters. The van der Waals surface area contributed by atoms with Crippen LogP contribution in [0.25, 0.3) is 0 Å². The summed E-state index contributed by atoms with van der Waals surface area (Å²) in [5, 5.41) is 11.4. The van der Waals surface area contributed by atoms with Crippen molar-refractivity contribution in [1.29, 1.82) is 0 Å². The monoisotopic (exact) mass is 287 g/mol. The second kappa shape index (κ2) is 5.89. The summed E-state index contributed by atoms with van der Waals surface area (Å²) in [5.41, 5.74) is 11.7. The fourth-order valence-corrected chi connectivity index (χ4v) is 2.93. The molecule has 0 aromatic heterocycles. The van der Waals surface area contributed by atoms with Gasteiger partial charge in [0.15, 0.2) is 9.84 Å². The summed E-state index contributed by atoms with van der Waals surface area (Å²) in [4.78, 5) is 10.4.